The van der Waals surface area contributed by atoms with Gasteiger partial charge in [0.15, 0.2) is 0 Å². The maximum Gasteiger partial charge on any atom is 0.140 e. The number of hydrogen-bond acceptors (Lipinski definition) is 12. The highest BCUT2D eigenvalue weighted by Gasteiger charge is 2.25. The normalized spacial score (nSPS) is 20.1. The number of carbonyl (C=O) groups excluding carboxylic acids is 1. The zero-order chi connectivity index (χ0) is 34.4. The summed E-state index contributed by atoms with van der Waals surface area (Å²) in [5.41, 5.74) is 5.40. The summed E-state index contributed by atoms with van der Waals surface area (Å²) in [6.45, 7) is 3.86. The van der Waals surface area contributed by atoms with Crippen molar-refractivity contribution in [2.75, 3.05) is 6.54 Å². The monoisotopic (exact) mass is 647 g/mol. The number of Topliss-reactive ketones (excluding diaryl/α,β-unsaturated/α-hetero) is 1. The van der Waals surface area contributed by atoms with Crippen LogP contribution < -0.4 is 5.73 Å². The average Bonchev–Trinajstić information content (AvgIpc) is 2.93. The lowest BCUT2D eigenvalue weighted by atomic mass is 9.92. The van der Waals surface area contributed by atoms with Crippen molar-refractivity contribution in [2.45, 2.75) is 152 Å². The summed E-state index contributed by atoms with van der Waals surface area (Å²) in [7, 11) is 0. The molecule has 0 radical (unpaired) electrons. The van der Waals surface area contributed by atoms with E-state index in [-0.39, 0.29) is 63.6 Å². The smallest absolute Gasteiger partial charge is 0.140 e. The summed E-state index contributed by atoms with van der Waals surface area (Å²) in [6, 6.07) is 0. The lowest BCUT2D eigenvalue weighted by Gasteiger charge is -2.20. The number of rotatable bonds is 27. The molecule has 11 unspecified atom stereocenters. The highest BCUT2D eigenvalue weighted by molar-refractivity contribution is 5.81. The summed E-state index contributed by atoms with van der Waals surface area (Å²) in [6.07, 6.45) is 1.23. The van der Waals surface area contributed by atoms with Crippen LogP contribution in [0.15, 0.2) is 36.5 Å². The van der Waals surface area contributed by atoms with Gasteiger partial charge in [0, 0.05) is 25.2 Å². The van der Waals surface area contributed by atoms with E-state index in [4.69, 9.17) is 5.73 Å². The molecule has 0 saturated carbocycles. The first-order valence-corrected chi connectivity index (χ1v) is 16.2. The van der Waals surface area contributed by atoms with Crippen LogP contribution in [0.25, 0.3) is 0 Å². The number of hydrogen-bond donors (Lipinski definition) is 11. The zero-order valence-corrected chi connectivity index (χ0v) is 27.0. The molecular weight excluding hydrogens is 586 g/mol. The molecule has 12 heteroatoms. The third kappa shape index (κ3) is 23.4. The summed E-state index contributed by atoms with van der Waals surface area (Å²) >= 11 is 0. The molecule has 0 aromatic heterocycles. The van der Waals surface area contributed by atoms with Crippen molar-refractivity contribution < 1.29 is 55.9 Å². The zero-order valence-electron chi connectivity index (χ0n) is 27.0. The van der Waals surface area contributed by atoms with E-state index in [1.54, 1.807) is 25.2 Å². The van der Waals surface area contributed by atoms with Gasteiger partial charge in [0.25, 0.3) is 0 Å². The van der Waals surface area contributed by atoms with E-state index >= 15 is 0 Å². The third-order valence-electron chi connectivity index (χ3n) is 7.61. The van der Waals surface area contributed by atoms with Crippen molar-refractivity contribution >= 4 is 5.78 Å². The van der Waals surface area contributed by atoms with E-state index < -0.39 is 67.0 Å². The third-order valence-corrected chi connectivity index (χ3v) is 7.61. The molecule has 0 bridgehead atoms. The van der Waals surface area contributed by atoms with Gasteiger partial charge in [0.1, 0.15) is 5.78 Å². The molecule has 0 spiro atoms. The predicted octanol–water partition coefficient (Wildman–Crippen LogP) is 0.129. The van der Waals surface area contributed by atoms with Gasteiger partial charge in [-0.1, -0.05) is 43.4 Å². The molecule has 0 aliphatic rings. The molecule has 11 atom stereocenters. The minimum Gasteiger partial charge on any atom is -0.393 e. The summed E-state index contributed by atoms with van der Waals surface area (Å²) in [5, 5.41) is 101. The number of aliphatic hydroxyl groups is 10. The van der Waals surface area contributed by atoms with E-state index in [0.717, 1.165) is 0 Å². The van der Waals surface area contributed by atoms with Gasteiger partial charge < -0.3 is 56.8 Å². The highest BCUT2D eigenvalue weighted by Crippen LogP contribution is 2.17. The maximum absolute atomic E-state index is 12.3. The second-order valence-electron chi connectivity index (χ2n) is 12.2. The fourth-order valence-corrected chi connectivity index (χ4v) is 4.90. The molecule has 0 aliphatic carbocycles. The maximum atomic E-state index is 12.3. The molecular formula is C33H61NO11. The fourth-order valence-electron chi connectivity index (χ4n) is 4.90. The minimum absolute atomic E-state index is 0.0479. The van der Waals surface area contributed by atoms with Crippen LogP contribution in [-0.2, 0) is 4.79 Å². The molecule has 0 aromatic rings. The molecule has 0 heterocycles. The molecule has 45 heavy (non-hydrogen) atoms. The van der Waals surface area contributed by atoms with E-state index in [1.165, 1.54) is 18.2 Å². The molecule has 0 amide bonds. The topological polar surface area (TPSA) is 245 Å². The van der Waals surface area contributed by atoms with Crippen LogP contribution in [-0.4, -0.2) is 124 Å². The van der Waals surface area contributed by atoms with Gasteiger partial charge in [-0.2, -0.15) is 0 Å². The predicted molar refractivity (Wildman–Crippen MR) is 172 cm³/mol. The Kier molecular flexibility index (Phi) is 24.6. The standard InChI is InChI=1S/C33H61NO11/c1-3-4-13-32(44)22(2)33(45)21-31(43)20-30(42)18-26(38)11-6-10-25(37)17-29(41)19-28(40)16-24(36)9-5-8-23(35)15-27(39)12-7-14-34/h3-6,9,11,22-32,35-44H,7-8,10,12-21,34H2,1-2H3/b4-3+,9-5+,11-6+. The second-order valence-corrected chi connectivity index (χ2v) is 12.2. The van der Waals surface area contributed by atoms with Crippen molar-refractivity contribution in [1.82, 2.24) is 0 Å². The van der Waals surface area contributed by atoms with Crippen molar-refractivity contribution in [1.29, 1.82) is 0 Å². The molecule has 0 aliphatic heterocycles. The Hall–Kier alpha value is -1.55. The Morgan fingerprint density at radius 3 is 1.53 bits per heavy atom. The summed E-state index contributed by atoms with van der Waals surface area (Å²) in [4.78, 5) is 12.3. The second kappa shape index (κ2) is 25.5. The van der Waals surface area contributed by atoms with Crippen LogP contribution in [0, 0.1) is 5.92 Å². The van der Waals surface area contributed by atoms with Crippen LogP contribution >= 0.6 is 0 Å². The average molecular weight is 648 g/mol. The first-order chi connectivity index (χ1) is 21.2. The van der Waals surface area contributed by atoms with E-state index in [9.17, 15) is 55.9 Å². The largest absolute Gasteiger partial charge is 0.393 e. The van der Waals surface area contributed by atoms with Crippen LogP contribution in [0.3, 0.4) is 0 Å². The molecule has 12 nitrogen and oxygen atoms in total. The van der Waals surface area contributed by atoms with Gasteiger partial charge in [-0.15, -0.1) is 0 Å². The van der Waals surface area contributed by atoms with Gasteiger partial charge in [-0.3, -0.25) is 4.79 Å². The van der Waals surface area contributed by atoms with Gasteiger partial charge in [-0.25, -0.2) is 0 Å². The molecule has 0 fully saturated rings. The number of allylic oxidation sites excluding steroid dienone is 1. The minimum atomic E-state index is -1.12. The van der Waals surface area contributed by atoms with Crippen LogP contribution in [0.5, 0.6) is 0 Å². The Morgan fingerprint density at radius 1 is 0.600 bits per heavy atom. The molecule has 0 rings (SSSR count). The Balaban J connectivity index is 4.33. The van der Waals surface area contributed by atoms with E-state index in [2.05, 4.69) is 0 Å². The summed E-state index contributed by atoms with van der Waals surface area (Å²) < 4.78 is 0. The van der Waals surface area contributed by atoms with Crippen LogP contribution in [0.4, 0.5) is 0 Å². The molecule has 0 aromatic carbocycles. The van der Waals surface area contributed by atoms with Crippen molar-refractivity contribution in [3.05, 3.63) is 36.5 Å². The molecule has 0 saturated heterocycles. The van der Waals surface area contributed by atoms with Crippen molar-refractivity contribution in [3.63, 3.8) is 0 Å². The number of ketones is 1. The molecule has 264 valence electrons. The van der Waals surface area contributed by atoms with Gasteiger partial charge in [-0.05, 0) is 71.3 Å². The first kappa shape index (κ1) is 43.5. The van der Waals surface area contributed by atoms with Gasteiger partial charge in [0.05, 0.1) is 61.0 Å². The Bertz CT molecular complexity index is 839. The fraction of sp³-hybridized carbons (Fsp3) is 0.788. The lowest BCUT2D eigenvalue weighted by Crippen LogP contribution is -2.30. The number of carbonyl (C=O) groups is 1. The van der Waals surface area contributed by atoms with Gasteiger partial charge >= 0.3 is 0 Å². The Labute approximate surface area is 268 Å². The lowest BCUT2D eigenvalue weighted by molar-refractivity contribution is -0.127. The first-order valence-electron chi connectivity index (χ1n) is 16.2. The van der Waals surface area contributed by atoms with E-state index in [0.29, 0.717) is 25.8 Å². The van der Waals surface area contributed by atoms with Gasteiger partial charge in [0.2, 0.25) is 0 Å². The summed E-state index contributed by atoms with van der Waals surface area (Å²) in [5.74, 6) is -0.976. The quantitative estimate of drug-likeness (QED) is 0.0533. The number of aliphatic hydroxyl groups excluding tert-OH is 10. The Morgan fingerprint density at radius 2 is 1.04 bits per heavy atom. The molecule has 12 N–H and O–H groups in total. The van der Waals surface area contributed by atoms with E-state index in [1.807, 2.05) is 6.92 Å². The van der Waals surface area contributed by atoms with Crippen LogP contribution in [0.2, 0.25) is 0 Å². The van der Waals surface area contributed by atoms with Crippen LogP contribution in [0.1, 0.15) is 90.9 Å². The van der Waals surface area contributed by atoms with Crippen molar-refractivity contribution in [2.24, 2.45) is 11.7 Å². The van der Waals surface area contributed by atoms with Crippen molar-refractivity contribution in [3.8, 4) is 0 Å². The SMILES string of the molecule is C/C=C/CC(O)C(C)C(=O)CC(O)CC(O)CC(O)/C=C/CC(O)CC(O)CC(O)CC(O)/C=C/CC(O)CC(O)CCCN. The number of nitrogens with two attached hydrogens (primary N) is 1. The highest BCUT2D eigenvalue weighted by atomic mass is 16.3.